The van der Waals surface area contributed by atoms with Gasteiger partial charge in [0.15, 0.2) is 0 Å². The van der Waals surface area contributed by atoms with Crippen molar-refractivity contribution < 1.29 is 14.3 Å². The number of hydrogen-bond acceptors (Lipinski definition) is 5. The maximum absolute atomic E-state index is 12.4. The second kappa shape index (κ2) is 8.42. The van der Waals surface area contributed by atoms with Crippen LogP contribution in [0.4, 0.5) is 0 Å². The summed E-state index contributed by atoms with van der Waals surface area (Å²) in [4.78, 5) is 14.9. The van der Waals surface area contributed by atoms with Crippen molar-refractivity contribution in [1.82, 2.24) is 15.5 Å². The zero-order valence-corrected chi connectivity index (χ0v) is 14.1. The highest BCUT2D eigenvalue weighted by Gasteiger charge is 2.35. The minimum absolute atomic E-state index is 0.0941. The average Bonchev–Trinajstić information content (AvgIpc) is 2.62. The summed E-state index contributed by atoms with van der Waals surface area (Å²) in [5, 5.41) is 6.45. The molecule has 3 fully saturated rings. The Morgan fingerprint density at radius 3 is 2.61 bits per heavy atom. The van der Waals surface area contributed by atoms with Crippen molar-refractivity contribution in [1.29, 1.82) is 0 Å². The zero-order valence-electron chi connectivity index (χ0n) is 14.1. The smallest absolute Gasteiger partial charge is 0.239 e. The number of ether oxygens (including phenoxy) is 2. The lowest BCUT2D eigenvalue weighted by atomic mass is 9.73. The van der Waals surface area contributed by atoms with E-state index in [2.05, 4.69) is 15.5 Å². The molecular weight excluding hydrogens is 294 g/mol. The molecule has 2 saturated heterocycles. The van der Waals surface area contributed by atoms with Gasteiger partial charge in [-0.05, 0) is 12.8 Å². The van der Waals surface area contributed by atoms with Crippen LogP contribution in [0.5, 0.6) is 0 Å². The Morgan fingerprint density at radius 1 is 1.13 bits per heavy atom. The normalized spacial score (nSPS) is 29.1. The van der Waals surface area contributed by atoms with Crippen molar-refractivity contribution in [2.24, 2.45) is 5.41 Å². The van der Waals surface area contributed by atoms with Gasteiger partial charge in [-0.3, -0.25) is 9.69 Å². The van der Waals surface area contributed by atoms with E-state index in [1.54, 1.807) is 0 Å². The molecule has 3 aliphatic rings. The molecule has 6 heteroatoms. The summed E-state index contributed by atoms with van der Waals surface area (Å²) in [6.45, 7) is 7.55. The molecule has 132 valence electrons. The molecule has 2 aliphatic heterocycles. The molecule has 0 spiro atoms. The molecule has 0 aromatic rings. The highest BCUT2D eigenvalue weighted by atomic mass is 16.5. The molecule has 1 atom stereocenters. The Bertz CT molecular complexity index is 373. The third kappa shape index (κ3) is 4.89. The van der Waals surface area contributed by atoms with Gasteiger partial charge in [-0.25, -0.2) is 0 Å². The summed E-state index contributed by atoms with van der Waals surface area (Å²) < 4.78 is 10.9. The molecule has 23 heavy (non-hydrogen) atoms. The van der Waals surface area contributed by atoms with Crippen LogP contribution in [0.1, 0.15) is 32.1 Å². The Kier molecular flexibility index (Phi) is 6.28. The van der Waals surface area contributed by atoms with E-state index >= 15 is 0 Å². The summed E-state index contributed by atoms with van der Waals surface area (Å²) >= 11 is 0. The van der Waals surface area contributed by atoms with E-state index in [1.807, 2.05) is 0 Å². The molecule has 1 aliphatic carbocycles. The van der Waals surface area contributed by atoms with Gasteiger partial charge in [0.2, 0.25) is 5.91 Å². The standard InChI is InChI=1S/C17H31N3O3/c21-16(15-12-23-9-6-18-15)19-13-17(4-2-1-3-5-17)14-20-7-10-22-11-8-20/h15,18H,1-14H2,(H,19,21). The topological polar surface area (TPSA) is 62.8 Å². The molecule has 2 N–H and O–H groups in total. The van der Waals surface area contributed by atoms with Crippen LogP contribution < -0.4 is 10.6 Å². The van der Waals surface area contributed by atoms with Gasteiger partial charge in [0.05, 0.1) is 26.4 Å². The molecule has 1 saturated carbocycles. The quantitative estimate of drug-likeness (QED) is 0.765. The third-order valence-electron chi connectivity index (χ3n) is 5.45. The molecule has 0 aromatic heterocycles. The van der Waals surface area contributed by atoms with Crippen LogP contribution in [0.15, 0.2) is 0 Å². The van der Waals surface area contributed by atoms with Gasteiger partial charge in [0.1, 0.15) is 6.04 Å². The van der Waals surface area contributed by atoms with Crippen LogP contribution in [0.25, 0.3) is 0 Å². The molecule has 1 unspecified atom stereocenters. The van der Waals surface area contributed by atoms with Gasteiger partial charge in [0, 0.05) is 38.1 Å². The van der Waals surface area contributed by atoms with Crippen LogP contribution in [-0.2, 0) is 14.3 Å². The number of nitrogens with one attached hydrogen (secondary N) is 2. The second-order valence-electron chi connectivity index (χ2n) is 7.25. The van der Waals surface area contributed by atoms with Gasteiger partial charge in [-0.1, -0.05) is 19.3 Å². The predicted octanol–water partition coefficient (Wildman–Crippen LogP) is 0.374. The van der Waals surface area contributed by atoms with Crippen molar-refractivity contribution in [3.63, 3.8) is 0 Å². The predicted molar refractivity (Wildman–Crippen MR) is 88.4 cm³/mol. The van der Waals surface area contributed by atoms with E-state index in [4.69, 9.17) is 9.47 Å². The number of rotatable bonds is 5. The van der Waals surface area contributed by atoms with Crippen LogP contribution in [0, 0.1) is 5.41 Å². The Balaban J connectivity index is 1.53. The first-order valence-electron chi connectivity index (χ1n) is 9.16. The molecule has 0 aromatic carbocycles. The minimum Gasteiger partial charge on any atom is -0.379 e. The van der Waals surface area contributed by atoms with Crippen LogP contribution >= 0.6 is 0 Å². The van der Waals surface area contributed by atoms with E-state index in [0.29, 0.717) is 13.2 Å². The molecular formula is C17H31N3O3. The first-order chi connectivity index (χ1) is 11.3. The van der Waals surface area contributed by atoms with Crippen LogP contribution in [-0.4, -0.2) is 76.0 Å². The van der Waals surface area contributed by atoms with Gasteiger partial charge < -0.3 is 20.1 Å². The highest BCUT2D eigenvalue weighted by molar-refractivity contribution is 5.82. The lowest BCUT2D eigenvalue weighted by Gasteiger charge is -2.42. The SMILES string of the molecule is O=C(NCC1(CN2CCOCC2)CCCCC1)C1COCCN1. The van der Waals surface area contributed by atoms with E-state index in [0.717, 1.165) is 45.9 Å². The zero-order chi connectivity index (χ0) is 16.0. The Hall–Kier alpha value is -0.690. The summed E-state index contributed by atoms with van der Waals surface area (Å²) in [5.41, 5.74) is 0.237. The molecule has 0 bridgehead atoms. The van der Waals surface area contributed by atoms with Gasteiger partial charge in [-0.15, -0.1) is 0 Å². The molecule has 3 rings (SSSR count). The summed E-state index contributed by atoms with van der Waals surface area (Å²) in [6, 6.07) is -0.187. The van der Waals surface area contributed by atoms with Crippen molar-refractivity contribution in [2.75, 3.05) is 59.2 Å². The van der Waals surface area contributed by atoms with Crippen molar-refractivity contribution in [3.8, 4) is 0 Å². The van der Waals surface area contributed by atoms with E-state index in [1.165, 1.54) is 32.1 Å². The number of morpholine rings is 2. The monoisotopic (exact) mass is 325 g/mol. The molecule has 1 amide bonds. The fraction of sp³-hybridized carbons (Fsp3) is 0.941. The largest absolute Gasteiger partial charge is 0.379 e. The lowest BCUT2D eigenvalue weighted by molar-refractivity contribution is -0.126. The molecule has 6 nitrogen and oxygen atoms in total. The number of carbonyl (C=O) groups excluding carboxylic acids is 1. The van der Waals surface area contributed by atoms with Crippen LogP contribution in [0.2, 0.25) is 0 Å². The first-order valence-corrected chi connectivity index (χ1v) is 9.16. The highest BCUT2D eigenvalue weighted by Crippen LogP contribution is 2.36. The van der Waals surface area contributed by atoms with E-state index in [9.17, 15) is 4.79 Å². The molecule has 0 radical (unpaired) electrons. The van der Waals surface area contributed by atoms with Crippen molar-refractivity contribution >= 4 is 5.91 Å². The van der Waals surface area contributed by atoms with Gasteiger partial charge >= 0.3 is 0 Å². The van der Waals surface area contributed by atoms with Crippen molar-refractivity contribution in [2.45, 2.75) is 38.1 Å². The number of nitrogens with zero attached hydrogens (tertiary/aromatic N) is 1. The summed E-state index contributed by atoms with van der Waals surface area (Å²) in [5.74, 6) is 0.0941. The van der Waals surface area contributed by atoms with E-state index < -0.39 is 0 Å². The fourth-order valence-corrected chi connectivity index (χ4v) is 4.06. The van der Waals surface area contributed by atoms with E-state index in [-0.39, 0.29) is 17.4 Å². The van der Waals surface area contributed by atoms with Gasteiger partial charge in [0.25, 0.3) is 0 Å². The maximum Gasteiger partial charge on any atom is 0.239 e. The average molecular weight is 325 g/mol. The summed E-state index contributed by atoms with van der Waals surface area (Å²) in [7, 11) is 0. The minimum atomic E-state index is -0.187. The molecule has 2 heterocycles. The van der Waals surface area contributed by atoms with Crippen LogP contribution in [0.3, 0.4) is 0 Å². The number of amides is 1. The maximum atomic E-state index is 12.4. The Labute approximate surface area is 139 Å². The number of hydrogen-bond donors (Lipinski definition) is 2. The number of carbonyl (C=O) groups is 1. The van der Waals surface area contributed by atoms with Crippen molar-refractivity contribution in [3.05, 3.63) is 0 Å². The fourth-order valence-electron chi connectivity index (χ4n) is 4.06. The lowest BCUT2D eigenvalue weighted by Crippen LogP contribution is -2.55. The Morgan fingerprint density at radius 2 is 1.91 bits per heavy atom. The first kappa shape index (κ1) is 17.1. The summed E-state index contributed by atoms with van der Waals surface area (Å²) in [6.07, 6.45) is 6.34. The van der Waals surface area contributed by atoms with Gasteiger partial charge in [-0.2, -0.15) is 0 Å². The third-order valence-corrected chi connectivity index (χ3v) is 5.45. The second-order valence-corrected chi connectivity index (χ2v) is 7.25.